The first kappa shape index (κ1) is 15.1. The number of aromatic amines is 1. The van der Waals surface area contributed by atoms with Crippen molar-refractivity contribution in [1.82, 2.24) is 4.98 Å². The fourth-order valence-corrected chi connectivity index (χ4v) is 2.42. The maximum atomic E-state index is 13.6. The molecule has 6 heteroatoms. The van der Waals surface area contributed by atoms with E-state index in [0.29, 0.717) is 5.56 Å². The molecular formula is C17H13F3N2O. The first-order chi connectivity index (χ1) is 10.9. The van der Waals surface area contributed by atoms with Crippen LogP contribution in [-0.4, -0.2) is 10.9 Å². The molecule has 0 fully saturated rings. The lowest BCUT2D eigenvalue weighted by atomic mass is 10.1. The van der Waals surface area contributed by atoms with E-state index in [1.807, 2.05) is 13.8 Å². The number of benzene rings is 2. The Hall–Kier alpha value is -2.76. The molecule has 0 unspecified atom stereocenters. The Morgan fingerprint density at radius 2 is 1.78 bits per heavy atom. The summed E-state index contributed by atoms with van der Waals surface area (Å²) in [5.74, 6) is -4.95. The van der Waals surface area contributed by atoms with Gasteiger partial charge >= 0.3 is 0 Å². The number of hydrogen-bond donors (Lipinski definition) is 2. The Morgan fingerprint density at radius 3 is 2.52 bits per heavy atom. The van der Waals surface area contributed by atoms with Crippen LogP contribution in [0.4, 0.5) is 18.9 Å². The fraction of sp³-hybridized carbons (Fsp3) is 0.118. The molecule has 3 aromatic rings. The highest BCUT2D eigenvalue weighted by Crippen LogP contribution is 2.24. The van der Waals surface area contributed by atoms with Crippen LogP contribution >= 0.6 is 0 Å². The molecular weight excluding hydrogens is 305 g/mol. The minimum absolute atomic E-state index is 0.295. The molecule has 0 spiro atoms. The zero-order chi connectivity index (χ0) is 16.7. The van der Waals surface area contributed by atoms with Gasteiger partial charge in [-0.2, -0.15) is 0 Å². The Bertz CT molecular complexity index is 931. The largest absolute Gasteiger partial charge is 0.358 e. The van der Waals surface area contributed by atoms with Crippen molar-refractivity contribution in [2.75, 3.05) is 5.32 Å². The molecule has 118 valence electrons. The van der Waals surface area contributed by atoms with Crippen molar-refractivity contribution in [3.8, 4) is 0 Å². The average Bonchev–Trinajstić information content (AvgIpc) is 2.82. The number of H-pyrrole nitrogens is 1. The predicted octanol–water partition coefficient (Wildman–Crippen LogP) is 4.45. The van der Waals surface area contributed by atoms with Gasteiger partial charge in [0.05, 0.1) is 5.69 Å². The number of fused-ring (bicyclic) bond motifs is 1. The SMILES string of the molecule is Cc1[nH]c2ccc(C(=O)Nc3ccc(F)c(F)c3F)cc2c1C. The molecule has 2 N–H and O–H groups in total. The molecule has 0 atom stereocenters. The quantitative estimate of drug-likeness (QED) is 0.674. The van der Waals surface area contributed by atoms with Crippen LogP contribution in [0.15, 0.2) is 30.3 Å². The monoisotopic (exact) mass is 318 g/mol. The Kier molecular flexibility index (Phi) is 3.60. The second-order valence-electron chi connectivity index (χ2n) is 5.31. The van der Waals surface area contributed by atoms with Gasteiger partial charge in [0.2, 0.25) is 0 Å². The number of carbonyl (C=O) groups is 1. The summed E-state index contributed by atoms with van der Waals surface area (Å²) in [5, 5.41) is 3.13. The van der Waals surface area contributed by atoms with Gasteiger partial charge in [0.25, 0.3) is 5.91 Å². The molecule has 0 radical (unpaired) electrons. The number of amides is 1. The minimum atomic E-state index is -1.62. The number of carbonyl (C=O) groups excluding carboxylic acids is 1. The van der Waals surface area contributed by atoms with E-state index in [1.165, 1.54) is 0 Å². The lowest BCUT2D eigenvalue weighted by Gasteiger charge is -2.07. The normalized spacial score (nSPS) is 11.0. The summed E-state index contributed by atoms with van der Waals surface area (Å²) in [7, 11) is 0. The Balaban J connectivity index is 1.95. The van der Waals surface area contributed by atoms with E-state index in [2.05, 4.69) is 10.3 Å². The number of aromatic nitrogens is 1. The third kappa shape index (κ3) is 2.56. The van der Waals surface area contributed by atoms with Gasteiger partial charge in [-0.1, -0.05) is 0 Å². The molecule has 1 heterocycles. The van der Waals surface area contributed by atoms with Crippen LogP contribution in [0.3, 0.4) is 0 Å². The molecule has 3 nitrogen and oxygen atoms in total. The Morgan fingerprint density at radius 1 is 1.04 bits per heavy atom. The van der Waals surface area contributed by atoms with Crippen molar-refractivity contribution in [3.05, 3.63) is 64.6 Å². The molecule has 2 aromatic carbocycles. The zero-order valence-corrected chi connectivity index (χ0v) is 12.4. The maximum Gasteiger partial charge on any atom is 0.255 e. The van der Waals surface area contributed by atoms with E-state index < -0.39 is 29.0 Å². The summed E-state index contributed by atoms with van der Waals surface area (Å²) in [6.07, 6.45) is 0. The van der Waals surface area contributed by atoms with E-state index in [9.17, 15) is 18.0 Å². The molecule has 0 aliphatic carbocycles. The first-order valence-electron chi connectivity index (χ1n) is 6.92. The number of rotatable bonds is 2. The van der Waals surface area contributed by atoms with Gasteiger partial charge in [-0.15, -0.1) is 0 Å². The molecule has 0 saturated heterocycles. The second-order valence-corrected chi connectivity index (χ2v) is 5.31. The van der Waals surface area contributed by atoms with Crippen LogP contribution in [0.25, 0.3) is 10.9 Å². The zero-order valence-electron chi connectivity index (χ0n) is 12.4. The van der Waals surface area contributed by atoms with Gasteiger partial charge < -0.3 is 10.3 Å². The fourth-order valence-electron chi connectivity index (χ4n) is 2.42. The van der Waals surface area contributed by atoms with Crippen molar-refractivity contribution >= 4 is 22.5 Å². The van der Waals surface area contributed by atoms with Crippen molar-refractivity contribution in [2.45, 2.75) is 13.8 Å². The first-order valence-corrected chi connectivity index (χ1v) is 6.92. The van der Waals surface area contributed by atoms with Crippen LogP contribution in [-0.2, 0) is 0 Å². The highest BCUT2D eigenvalue weighted by molar-refractivity contribution is 6.06. The summed E-state index contributed by atoms with van der Waals surface area (Å²) in [4.78, 5) is 15.4. The smallest absolute Gasteiger partial charge is 0.255 e. The van der Waals surface area contributed by atoms with Crippen LogP contribution in [0, 0.1) is 31.3 Å². The van der Waals surface area contributed by atoms with Gasteiger partial charge in [0.15, 0.2) is 17.5 Å². The summed E-state index contributed by atoms with van der Waals surface area (Å²) in [6, 6.07) is 6.73. The van der Waals surface area contributed by atoms with E-state index in [0.717, 1.165) is 34.3 Å². The number of anilines is 1. The summed E-state index contributed by atoms with van der Waals surface area (Å²) < 4.78 is 39.7. The van der Waals surface area contributed by atoms with Gasteiger partial charge in [-0.25, -0.2) is 13.2 Å². The molecule has 0 aliphatic heterocycles. The molecule has 3 rings (SSSR count). The Labute approximate surface area is 130 Å². The van der Waals surface area contributed by atoms with E-state index in [1.54, 1.807) is 18.2 Å². The number of hydrogen-bond acceptors (Lipinski definition) is 1. The summed E-state index contributed by atoms with van der Waals surface area (Å²) in [5.41, 5.74) is 2.77. The van der Waals surface area contributed by atoms with Crippen molar-refractivity contribution < 1.29 is 18.0 Å². The third-order valence-electron chi connectivity index (χ3n) is 3.85. The van der Waals surface area contributed by atoms with Crippen LogP contribution in [0.5, 0.6) is 0 Å². The number of nitrogens with one attached hydrogen (secondary N) is 2. The van der Waals surface area contributed by atoms with E-state index >= 15 is 0 Å². The highest BCUT2D eigenvalue weighted by atomic mass is 19.2. The second kappa shape index (κ2) is 5.46. The van der Waals surface area contributed by atoms with Crippen molar-refractivity contribution in [2.24, 2.45) is 0 Å². The predicted molar refractivity (Wildman–Crippen MR) is 82.0 cm³/mol. The molecule has 1 amide bonds. The van der Waals surface area contributed by atoms with Crippen molar-refractivity contribution in [3.63, 3.8) is 0 Å². The van der Waals surface area contributed by atoms with Crippen LogP contribution < -0.4 is 5.32 Å². The van der Waals surface area contributed by atoms with Crippen LogP contribution in [0.2, 0.25) is 0 Å². The number of halogens is 3. The molecule has 1 aromatic heterocycles. The van der Waals surface area contributed by atoms with Gasteiger partial charge in [-0.3, -0.25) is 4.79 Å². The van der Waals surface area contributed by atoms with Gasteiger partial charge in [-0.05, 0) is 49.7 Å². The highest BCUT2D eigenvalue weighted by Gasteiger charge is 2.16. The van der Waals surface area contributed by atoms with E-state index in [-0.39, 0.29) is 0 Å². The molecule has 0 saturated carbocycles. The maximum absolute atomic E-state index is 13.6. The lowest BCUT2D eigenvalue weighted by Crippen LogP contribution is -2.13. The molecule has 0 aliphatic rings. The third-order valence-corrected chi connectivity index (χ3v) is 3.85. The minimum Gasteiger partial charge on any atom is -0.358 e. The molecule has 23 heavy (non-hydrogen) atoms. The van der Waals surface area contributed by atoms with Crippen LogP contribution in [0.1, 0.15) is 21.6 Å². The van der Waals surface area contributed by atoms with Gasteiger partial charge in [0.1, 0.15) is 0 Å². The lowest BCUT2D eigenvalue weighted by molar-refractivity contribution is 0.102. The summed E-state index contributed by atoms with van der Waals surface area (Å²) >= 11 is 0. The van der Waals surface area contributed by atoms with Gasteiger partial charge in [0, 0.05) is 22.2 Å². The summed E-state index contributed by atoms with van der Waals surface area (Å²) in [6.45, 7) is 3.84. The van der Waals surface area contributed by atoms with Crippen molar-refractivity contribution in [1.29, 1.82) is 0 Å². The number of aryl methyl sites for hydroxylation is 2. The van der Waals surface area contributed by atoms with E-state index in [4.69, 9.17) is 0 Å². The average molecular weight is 318 g/mol. The standard InChI is InChI=1S/C17H13F3N2O/c1-8-9(2)21-13-5-3-10(7-11(8)13)17(23)22-14-6-4-12(18)15(19)16(14)20/h3-7,21H,1-2H3,(H,22,23). The topological polar surface area (TPSA) is 44.9 Å². The molecule has 0 bridgehead atoms.